The zero-order valence-corrected chi connectivity index (χ0v) is 17.8. The molecule has 0 radical (unpaired) electrons. The van der Waals surface area contributed by atoms with Crippen LogP contribution in [0.1, 0.15) is 72.1 Å². The lowest BCUT2D eigenvalue weighted by Gasteiger charge is -2.61. The molecule has 0 aliphatic heterocycles. The predicted molar refractivity (Wildman–Crippen MR) is 109 cm³/mol. The summed E-state index contributed by atoms with van der Waals surface area (Å²) in [7, 11) is 0. The number of hydrogen-bond donors (Lipinski definition) is 3. The second-order valence-electron chi connectivity index (χ2n) is 10.2. The molecule has 0 spiro atoms. The Morgan fingerprint density at radius 1 is 1.21 bits per heavy atom. The zero-order valence-electron chi connectivity index (χ0n) is 17.8. The summed E-state index contributed by atoms with van der Waals surface area (Å²) in [4.78, 5) is 18.2. The molecule has 0 aromatic carbocycles. The lowest BCUT2D eigenvalue weighted by atomic mass is 9.44. The van der Waals surface area contributed by atoms with E-state index in [1.807, 2.05) is 0 Å². The zero-order chi connectivity index (χ0) is 20.1. The van der Waals surface area contributed by atoms with Gasteiger partial charge in [0, 0.05) is 30.0 Å². The molecule has 4 rings (SSSR count). The molecule has 4 aliphatic carbocycles. The molecule has 0 amide bonds. The summed E-state index contributed by atoms with van der Waals surface area (Å²) in [5, 5.41) is 11.4. The van der Waals surface area contributed by atoms with Gasteiger partial charge in [-0.3, -0.25) is 15.1 Å². The normalized spacial score (nSPS) is 45.5. The van der Waals surface area contributed by atoms with Crippen LogP contribution in [0.2, 0.25) is 0 Å². The fourth-order valence-corrected chi connectivity index (χ4v) is 7.75. The maximum atomic E-state index is 12.6. The van der Waals surface area contributed by atoms with Crippen molar-refractivity contribution in [1.82, 2.24) is 5.48 Å². The summed E-state index contributed by atoms with van der Waals surface area (Å²) >= 11 is 0. The van der Waals surface area contributed by atoms with E-state index >= 15 is 0 Å². The van der Waals surface area contributed by atoms with E-state index in [-0.39, 0.29) is 22.9 Å². The summed E-state index contributed by atoms with van der Waals surface area (Å²) in [6, 6.07) is 0. The molecule has 5 nitrogen and oxygen atoms in total. The second-order valence-corrected chi connectivity index (χ2v) is 10.2. The SMILES string of the molecule is CCC1=C(NOCCN)CC[C@@]2(C)C1C(O)C[C@@H]1[C@H]2CC[C@]2(C)C(=O)CC[C@@H]12. The van der Waals surface area contributed by atoms with Crippen LogP contribution in [0.4, 0.5) is 0 Å². The first-order chi connectivity index (χ1) is 13.4. The highest BCUT2D eigenvalue weighted by molar-refractivity contribution is 5.87. The Kier molecular flexibility index (Phi) is 5.39. The van der Waals surface area contributed by atoms with Gasteiger partial charge in [-0.1, -0.05) is 20.8 Å². The summed E-state index contributed by atoms with van der Waals surface area (Å²) < 4.78 is 0. The van der Waals surface area contributed by atoms with Gasteiger partial charge in [-0.25, -0.2) is 0 Å². The Morgan fingerprint density at radius 3 is 2.71 bits per heavy atom. The van der Waals surface area contributed by atoms with Gasteiger partial charge >= 0.3 is 0 Å². The van der Waals surface area contributed by atoms with E-state index in [2.05, 4.69) is 26.3 Å². The van der Waals surface area contributed by atoms with Crippen molar-refractivity contribution >= 4 is 5.78 Å². The Morgan fingerprint density at radius 2 is 2.00 bits per heavy atom. The quantitative estimate of drug-likeness (QED) is 0.495. The number of carbonyl (C=O) groups excluding carboxylic acids is 1. The van der Waals surface area contributed by atoms with Crippen molar-refractivity contribution in [3.8, 4) is 0 Å². The number of hydroxylamine groups is 1. The van der Waals surface area contributed by atoms with Gasteiger partial charge in [0.25, 0.3) is 0 Å². The number of rotatable bonds is 5. The number of hydrogen-bond acceptors (Lipinski definition) is 5. The van der Waals surface area contributed by atoms with Crippen molar-refractivity contribution in [3.05, 3.63) is 11.3 Å². The largest absolute Gasteiger partial charge is 0.392 e. The number of fused-ring (bicyclic) bond motifs is 5. The van der Waals surface area contributed by atoms with E-state index in [9.17, 15) is 9.90 Å². The molecule has 5 heteroatoms. The van der Waals surface area contributed by atoms with Crippen LogP contribution in [0.5, 0.6) is 0 Å². The van der Waals surface area contributed by atoms with Crippen LogP contribution in [-0.2, 0) is 9.63 Å². The third kappa shape index (κ3) is 2.88. The first kappa shape index (κ1) is 20.4. The monoisotopic (exact) mass is 390 g/mol. The molecule has 3 saturated carbocycles. The van der Waals surface area contributed by atoms with Gasteiger partial charge < -0.3 is 10.8 Å². The molecule has 7 atom stereocenters. The number of Topliss-reactive ketones (excluding diaryl/α,β-unsaturated/α-hetero) is 1. The van der Waals surface area contributed by atoms with Gasteiger partial charge in [-0.2, -0.15) is 0 Å². The fourth-order valence-electron chi connectivity index (χ4n) is 7.75. The van der Waals surface area contributed by atoms with Crippen molar-refractivity contribution in [3.63, 3.8) is 0 Å². The fraction of sp³-hybridized carbons (Fsp3) is 0.870. The van der Waals surface area contributed by atoms with Crippen molar-refractivity contribution in [1.29, 1.82) is 0 Å². The molecule has 0 heterocycles. The Balaban J connectivity index is 1.64. The van der Waals surface area contributed by atoms with Gasteiger partial charge in [0.2, 0.25) is 0 Å². The van der Waals surface area contributed by atoms with E-state index in [0.29, 0.717) is 36.7 Å². The molecule has 4 N–H and O–H groups in total. The molecular formula is C23H38N2O3. The molecule has 0 aromatic heterocycles. The van der Waals surface area contributed by atoms with Crippen LogP contribution in [0, 0.1) is 34.5 Å². The smallest absolute Gasteiger partial charge is 0.139 e. The summed E-state index contributed by atoms with van der Waals surface area (Å²) in [6.45, 7) is 7.81. The van der Waals surface area contributed by atoms with Crippen LogP contribution in [0.25, 0.3) is 0 Å². The highest BCUT2D eigenvalue weighted by atomic mass is 16.6. The molecule has 4 aliphatic rings. The summed E-state index contributed by atoms with van der Waals surface area (Å²) in [5.41, 5.74) is 11.2. The number of carbonyl (C=O) groups is 1. The highest BCUT2D eigenvalue weighted by Gasteiger charge is 2.62. The molecule has 3 fully saturated rings. The molecule has 28 heavy (non-hydrogen) atoms. The van der Waals surface area contributed by atoms with Crippen LogP contribution < -0.4 is 11.2 Å². The van der Waals surface area contributed by atoms with E-state index in [0.717, 1.165) is 57.1 Å². The van der Waals surface area contributed by atoms with Crippen molar-refractivity contribution in [2.24, 2.45) is 40.2 Å². The molecule has 158 valence electrons. The third-order valence-corrected chi connectivity index (χ3v) is 9.07. The number of aliphatic hydroxyl groups is 1. The number of nitrogens with one attached hydrogen (secondary N) is 1. The predicted octanol–water partition coefficient (Wildman–Crippen LogP) is 3.32. The molecule has 0 bridgehead atoms. The van der Waals surface area contributed by atoms with Gasteiger partial charge in [0.15, 0.2) is 0 Å². The van der Waals surface area contributed by atoms with Crippen LogP contribution >= 0.6 is 0 Å². The lowest BCUT2D eigenvalue weighted by molar-refractivity contribution is -0.149. The molecule has 0 aromatic rings. The minimum Gasteiger partial charge on any atom is -0.392 e. The number of allylic oxidation sites excluding steroid dienone is 1. The molecule has 0 saturated heterocycles. The molecular weight excluding hydrogens is 352 g/mol. The minimum absolute atomic E-state index is 0.111. The van der Waals surface area contributed by atoms with E-state index in [4.69, 9.17) is 10.6 Å². The Hall–Kier alpha value is -0.910. The average molecular weight is 391 g/mol. The van der Waals surface area contributed by atoms with Crippen LogP contribution in [-0.4, -0.2) is 30.1 Å². The first-order valence-corrected chi connectivity index (χ1v) is 11.4. The summed E-state index contributed by atoms with van der Waals surface area (Å²) in [6.07, 6.45) is 7.43. The Labute approximate surface area is 169 Å². The minimum atomic E-state index is -0.328. The summed E-state index contributed by atoms with van der Waals surface area (Å²) in [5.74, 6) is 2.23. The maximum Gasteiger partial charge on any atom is 0.139 e. The maximum absolute atomic E-state index is 12.6. The van der Waals surface area contributed by atoms with E-state index in [1.54, 1.807) is 0 Å². The van der Waals surface area contributed by atoms with Crippen LogP contribution in [0.15, 0.2) is 11.3 Å². The topological polar surface area (TPSA) is 84.6 Å². The van der Waals surface area contributed by atoms with E-state index < -0.39 is 0 Å². The standard InChI is InChI=1S/C23H38N2O3/c1-4-14-18(25-28-12-11-24)8-10-23(3)17-7-9-22(2)16(5-6-20(22)27)15(17)13-19(26)21(14)23/h15-17,19,21,25-26H,4-13,24H2,1-3H3/t15-,16-,17+,19?,21?,22-,23+/m0/s1. The van der Waals surface area contributed by atoms with Crippen molar-refractivity contribution in [2.45, 2.75) is 78.2 Å². The number of ketones is 1. The van der Waals surface area contributed by atoms with E-state index in [1.165, 1.54) is 5.57 Å². The average Bonchev–Trinajstić information content (AvgIpc) is 2.97. The highest BCUT2D eigenvalue weighted by Crippen LogP contribution is 2.66. The van der Waals surface area contributed by atoms with Gasteiger partial charge in [0.05, 0.1) is 12.7 Å². The lowest BCUT2D eigenvalue weighted by Crippen LogP contribution is -2.58. The first-order valence-electron chi connectivity index (χ1n) is 11.4. The van der Waals surface area contributed by atoms with Gasteiger partial charge in [-0.05, 0) is 73.7 Å². The van der Waals surface area contributed by atoms with Gasteiger partial charge in [0.1, 0.15) is 5.78 Å². The van der Waals surface area contributed by atoms with Crippen LogP contribution in [0.3, 0.4) is 0 Å². The third-order valence-electron chi connectivity index (χ3n) is 9.07. The van der Waals surface area contributed by atoms with Gasteiger partial charge in [-0.15, -0.1) is 0 Å². The number of nitrogens with two attached hydrogens (primary N) is 1. The second kappa shape index (κ2) is 7.41. The van der Waals surface area contributed by atoms with Crippen molar-refractivity contribution < 1.29 is 14.7 Å². The Bertz CT molecular complexity index is 662. The number of aliphatic hydroxyl groups excluding tert-OH is 1. The van der Waals surface area contributed by atoms with Crippen molar-refractivity contribution in [2.75, 3.05) is 13.2 Å². The molecule has 2 unspecified atom stereocenters.